The summed E-state index contributed by atoms with van der Waals surface area (Å²) in [6, 6.07) is 11.7. The molecule has 3 N–H and O–H groups in total. The van der Waals surface area contributed by atoms with Crippen molar-refractivity contribution in [1.29, 1.82) is 0 Å². The Labute approximate surface area is 222 Å². The number of benzene rings is 2. The molecule has 3 rings (SSSR count). The first-order valence-electron chi connectivity index (χ1n) is 12.1. The van der Waals surface area contributed by atoms with E-state index >= 15 is 0 Å². The fraction of sp³-hybridized carbons (Fsp3) is 0.423. The molecule has 0 aliphatic carbocycles. The van der Waals surface area contributed by atoms with E-state index in [0.29, 0.717) is 29.3 Å². The van der Waals surface area contributed by atoms with Gasteiger partial charge in [-0.15, -0.1) is 0 Å². The normalized spacial score (nSPS) is 15.9. The van der Waals surface area contributed by atoms with Crippen molar-refractivity contribution in [2.45, 2.75) is 59.0 Å². The van der Waals surface area contributed by atoms with E-state index in [4.69, 9.17) is 22.2 Å². The molecule has 1 atom stereocenters. The average molecular weight is 532 g/mol. The summed E-state index contributed by atoms with van der Waals surface area (Å²) in [5.41, 5.74) is 2.52. The number of aryl methyl sites for hydroxylation is 1. The van der Waals surface area contributed by atoms with Gasteiger partial charge in [0.05, 0.1) is 24.8 Å². The molecule has 4 amide bonds. The number of ether oxygens (including phenoxy) is 2. The van der Waals surface area contributed by atoms with Crippen LogP contribution in [-0.2, 0) is 16.1 Å². The molecule has 1 unspecified atom stereocenters. The van der Waals surface area contributed by atoms with Crippen molar-refractivity contribution in [3.05, 3.63) is 58.6 Å². The van der Waals surface area contributed by atoms with Gasteiger partial charge in [-0.25, -0.2) is 25.3 Å². The van der Waals surface area contributed by atoms with E-state index < -0.39 is 18.4 Å². The Morgan fingerprint density at radius 2 is 1.81 bits per heavy atom. The maximum absolute atomic E-state index is 13.6. The highest BCUT2D eigenvalue weighted by atomic mass is 35.5. The minimum absolute atomic E-state index is 0.0481. The molecule has 11 heteroatoms. The Kier molecular flexibility index (Phi) is 9.60. The number of imide groups is 1. The van der Waals surface area contributed by atoms with Crippen LogP contribution in [0.2, 0.25) is 5.02 Å². The number of carbonyl (C=O) groups excluding carboxylic acids is 3. The number of halogens is 1. The van der Waals surface area contributed by atoms with E-state index in [1.165, 1.54) is 12.0 Å². The van der Waals surface area contributed by atoms with Crippen molar-refractivity contribution in [2.24, 2.45) is 5.84 Å². The molecule has 1 fully saturated rings. The van der Waals surface area contributed by atoms with Crippen LogP contribution in [0.1, 0.15) is 44.2 Å². The number of amides is 4. The largest absolute Gasteiger partial charge is 0.489 e. The van der Waals surface area contributed by atoms with E-state index in [-0.39, 0.29) is 31.6 Å². The zero-order valence-corrected chi connectivity index (χ0v) is 22.3. The number of rotatable bonds is 11. The minimum Gasteiger partial charge on any atom is -0.489 e. The predicted molar refractivity (Wildman–Crippen MR) is 141 cm³/mol. The van der Waals surface area contributed by atoms with Gasteiger partial charge in [-0.05, 0) is 57.4 Å². The third kappa shape index (κ3) is 7.27. The van der Waals surface area contributed by atoms with Crippen LogP contribution in [0.5, 0.6) is 5.75 Å². The zero-order valence-electron chi connectivity index (χ0n) is 21.6. The molecule has 200 valence electrons. The molecule has 0 saturated carbocycles. The summed E-state index contributed by atoms with van der Waals surface area (Å²) in [4.78, 5) is 40.6. The number of nitrogens with zero attached hydrogens (tertiary/aromatic N) is 3. The van der Waals surface area contributed by atoms with Gasteiger partial charge in [-0.1, -0.05) is 41.4 Å². The summed E-state index contributed by atoms with van der Waals surface area (Å²) in [6.45, 7) is 6.11. The fourth-order valence-corrected chi connectivity index (χ4v) is 4.07. The standard InChI is InChI=1S/C26H34ClN5O5/c1-17(2)37-22-13-12-20(15-21(22)27)29-24-31(16-19-10-8-18(3)9-11-19)25(34)30(26(35)32(24)28)14-6-5-7-23(33)36-4/h8-13,15,17,24,29H,5-7,14,16,28H2,1-4H3. The topological polar surface area (TPSA) is 117 Å². The van der Waals surface area contributed by atoms with Crippen molar-refractivity contribution >= 4 is 35.3 Å². The zero-order chi connectivity index (χ0) is 27.1. The summed E-state index contributed by atoms with van der Waals surface area (Å²) in [7, 11) is 1.32. The molecule has 2 aromatic rings. The number of esters is 1. The smallest absolute Gasteiger partial charge is 0.345 e. The molecule has 1 aliphatic rings. The number of nitrogens with one attached hydrogen (secondary N) is 1. The summed E-state index contributed by atoms with van der Waals surface area (Å²) in [5, 5.41) is 4.53. The number of methoxy groups -OCH3 is 1. The molecule has 0 bridgehead atoms. The van der Waals surface area contributed by atoms with Gasteiger partial charge in [0.25, 0.3) is 0 Å². The van der Waals surface area contributed by atoms with Gasteiger partial charge in [0.15, 0.2) is 0 Å². The molecule has 0 spiro atoms. The number of hydrogen-bond donors (Lipinski definition) is 2. The summed E-state index contributed by atoms with van der Waals surface area (Å²) < 4.78 is 10.3. The summed E-state index contributed by atoms with van der Waals surface area (Å²) >= 11 is 6.39. The van der Waals surface area contributed by atoms with Gasteiger partial charge in [0, 0.05) is 18.7 Å². The maximum atomic E-state index is 13.6. The number of hydrazine groups is 1. The van der Waals surface area contributed by atoms with Crippen LogP contribution in [-0.4, -0.2) is 58.9 Å². The number of anilines is 1. The second-order valence-electron chi connectivity index (χ2n) is 9.10. The van der Waals surface area contributed by atoms with Crippen molar-refractivity contribution in [2.75, 3.05) is 19.0 Å². The van der Waals surface area contributed by atoms with E-state index in [9.17, 15) is 14.4 Å². The number of nitrogens with two attached hydrogens (primary N) is 1. The average Bonchev–Trinajstić information content (AvgIpc) is 2.86. The molecule has 1 aliphatic heterocycles. The van der Waals surface area contributed by atoms with Crippen LogP contribution >= 0.6 is 11.6 Å². The monoisotopic (exact) mass is 531 g/mol. The number of hydrogen-bond acceptors (Lipinski definition) is 7. The van der Waals surface area contributed by atoms with Crippen molar-refractivity contribution in [3.8, 4) is 5.75 Å². The molecule has 0 aromatic heterocycles. The van der Waals surface area contributed by atoms with Gasteiger partial charge in [-0.2, -0.15) is 0 Å². The number of urea groups is 2. The lowest BCUT2D eigenvalue weighted by molar-refractivity contribution is -0.140. The molecule has 1 saturated heterocycles. The highest BCUT2D eigenvalue weighted by Gasteiger charge is 2.43. The third-order valence-electron chi connectivity index (χ3n) is 5.79. The fourth-order valence-electron chi connectivity index (χ4n) is 3.85. The number of carbonyl (C=O) groups is 3. The first-order chi connectivity index (χ1) is 17.6. The van der Waals surface area contributed by atoms with Crippen molar-refractivity contribution in [1.82, 2.24) is 14.8 Å². The van der Waals surface area contributed by atoms with Gasteiger partial charge in [0.1, 0.15) is 5.75 Å². The lowest BCUT2D eigenvalue weighted by Crippen LogP contribution is -2.70. The lowest BCUT2D eigenvalue weighted by atomic mass is 10.1. The number of unbranched alkanes of at least 4 members (excludes halogenated alkanes) is 1. The Morgan fingerprint density at radius 1 is 1.11 bits per heavy atom. The van der Waals surface area contributed by atoms with Crippen LogP contribution in [0.4, 0.5) is 15.3 Å². The van der Waals surface area contributed by atoms with Gasteiger partial charge < -0.3 is 14.8 Å². The highest BCUT2D eigenvalue weighted by molar-refractivity contribution is 6.32. The highest BCUT2D eigenvalue weighted by Crippen LogP contribution is 2.30. The van der Waals surface area contributed by atoms with E-state index in [2.05, 4.69) is 10.1 Å². The lowest BCUT2D eigenvalue weighted by Gasteiger charge is -2.45. The molecular formula is C26H34ClN5O5. The SMILES string of the molecule is COC(=O)CCCCN1C(=O)N(N)C(Nc2ccc(OC(C)C)c(Cl)c2)N(Cc2ccc(C)cc2)C1=O. The Bertz CT molecular complexity index is 1110. The Balaban J connectivity index is 1.83. The van der Waals surface area contributed by atoms with E-state index in [1.54, 1.807) is 18.2 Å². The molecule has 1 heterocycles. The van der Waals surface area contributed by atoms with Crippen molar-refractivity contribution in [3.63, 3.8) is 0 Å². The van der Waals surface area contributed by atoms with Crippen LogP contribution in [0.3, 0.4) is 0 Å². The van der Waals surface area contributed by atoms with E-state index in [1.807, 2.05) is 45.0 Å². The van der Waals surface area contributed by atoms with Gasteiger partial charge in [-0.3, -0.25) is 9.69 Å². The first-order valence-corrected chi connectivity index (χ1v) is 12.5. The predicted octanol–water partition coefficient (Wildman–Crippen LogP) is 4.71. The van der Waals surface area contributed by atoms with Crippen LogP contribution in [0.15, 0.2) is 42.5 Å². The van der Waals surface area contributed by atoms with Crippen LogP contribution in [0, 0.1) is 6.92 Å². The second kappa shape index (κ2) is 12.6. The van der Waals surface area contributed by atoms with E-state index in [0.717, 1.165) is 21.0 Å². The Morgan fingerprint density at radius 3 is 2.43 bits per heavy atom. The minimum atomic E-state index is -0.972. The van der Waals surface area contributed by atoms with Gasteiger partial charge in [0.2, 0.25) is 6.29 Å². The van der Waals surface area contributed by atoms with Crippen LogP contribution < -0.4 is 15.9 Å². The third-order valence-corrected chi connectivity index (χ3v) is 6.09. The Hall–Kier alpha value is -3.50. The summed E-state index contributed by atoms with van der Waals surface area (Å²) in [6.07, 6.45) is 0.0860. The maximum Gasteiger partial charge on any atom is 0.345 e. The molecule has 2 aromatic carbocycles. The molecule has 10 nitrogen and oxygen atoms in total. The summed E-state index contributed by atoms with van der Waals surface area (Å²) in [5.74, 6) is 6.44. The molecular weight excluding hydrogens is 498 g/mol. The molecule has 37 heavy (non-hydrogen) atoms. The second-order valence-corrected chi connectivity index (χ2v) is 9.51. The molecule has 0 radical (unpaired) electrons. The first kappa shape index (κ1) is 28.1. The van der Waals surface area contributed by atoms with Crippen molar-refractivity contribution < 1.29 is 23.9 Å². The van der Waals surface area contributed by atoms with Crippen LogP contribution in [0.25, 0.3) is 0 Å². The van der Waals surface area contributed by atoms with Gasteiger partial charge >= 0.3 is 18.0 Å². The quantitative estimate of drug-likeness (QED) is 0.187.